The normalized spacial score (nSPS) is 11.7. The zero-order valence-electron chi connectivity index (χ0n) is 14.6. The van der Waals surface area contributed by atoms with Crippen molar-refractivity contribution in [3.8, 4) is 0 Å². The van der Waals surface area contributed by atoms with Crippen molar-refractivity contribution in [3.63, 3.8) is 0 Å². The van der Waals surface area contributed by atoms with Gasteiger partial charge in [-0.1, -0.05) is 29.4 Å². The summed E-state index contributed by atoms with van der Waals surface area (Å²) in [6.07, 6.45) is 1.30. The molecule has 0 saturated heterocycles. The van der Waals surface area contributed by atoms with E-state index in [0.29, 0.717) is 15.9 Å². The van der Waals surface area contributed by atoms with Crippen LogP contribution in [0.3, 0.4) is 0 Å². The second-order valence-electron chi connectivity index (χ2n) is 5.38. The minimum atomic E-state index is -0.580. The Bertz CT molecular complexity index is 832. The Morgan fingerprint density at radius 1 is 1.42 bits per heavy atom. The average Bonchev–Trinajstić information content (AvgIpc) is 2.58. The molecule has 0 aliphatic carbocycles. The highest BCUT2D eigenvalue weighted by atomic mass is 35.5. The summed E-state index contributed by atoms with van der Waals surface area (Å²) in [6.45, 7) is 5.52. The summed E-state index contributed by atoms with van der Waals surface area (Å²) in [4.78, 5) is 32.2. The van der Waals surface area contributed by atoms with Gasteiger partial charge in [-0.05, 0) is 38.5 Å². The third kappa shape index (κ3) is 5.09. The maximum atomic E-state index is 12.4. The van der Waals surface area contributed by atoms with Crippen molar-refractivity contribution in [1.82, 2.24) is 9.97 Å². The fourth-order valence-electron chi connectivity index (χ4n) is 1.98. The molecule has 9 heteroatoms. The summed E-state index contributed by atoms with van der Waals surface area (Å²) < 4.78 is 4.87. The second kappa shape index (κ2) is 8.86. The highest BCUT2D eigenvalue weighted by Crippen LogP contribution is 2.25. The van der Waals surface area contributed by atoms with Crippen LogP contribution in [-0.2, 0) is 9.53 Å². The maximum absolute atomic E-state index is 12.4. The number of carbonyl (C=O) groups is 2. The predicted octanol–water partition coefficient (Wildman–Crippen LogP) is 3.32. The van der Waals surface area contributed by atoms with Crippen LogP contribution < -0.4 is 11.1 Å². The molecule has 1 aromatic carbocycles. The molecule has 2 rings (SSSR count). The molecule has 26 heavy (non-hydrogen) atoms. The highest BCUT2D eigenvalue weighted by molar-refractivity contribution is 8.00. The first-order valence-corrected chi connectivity index (χ1v) is 9.11. The molecular weight excluding hydrogens is 376 g/mol. The van der Waals surface area contributed by atoms with E-state index in [1.54, 1.807) is 26.0 Å². The predicted molar refractivity (Wildman–Crippen MR) is 103 cm³/mol. The zero-order valence-corrected chi connectivity index (χ0v) is 16.1. The number of rotatable bonds is 6. The van der Waals surface area contributed by atoms with E-state index in [2.05, 4.69) is 15.3 Å². The van der Waals surface area contributed by atoms with Gasteiger partial charge in [0.25, 0.3) is 0 Å². The van der Waals surface area contributed by atoms with E-state index in [0.717, 1.165) is 17.3 Å². The summed E-state index contributed by atoms with van der Waals surface area (Å²) in [5, 5.41) is 3.17. The lowest BCUT2D eigenvalue weighted by molar-refractivity contribution is -0.115. The molecule has 0 saturated carbocycles. The average molecular weight is 395 g/mol. The van der Waals surface area contributed by atoms with Gasteiger partial charge in [0, 0.05) is 16.9 Å². The lowest BCUT2D eigenvalue weighted by Crippen LogP contribution is -2.23. The Hall–Kier alpha value is -2.32. The number of nitrogen functional groups attached to an aromatic ring is 1. The van der Waals surface area contributed by atoms with Gasteiger partial charge in [-0.15, -0.1) is 0 Å². The van der Waals surface area contributed by atoms with E-state index >= 15 is 0 Å². The van der Waals surface area contributed by atoms with Crippen molar-refractivity contribution in [1.29, 1.82) is 0 Å². The molecule has 1 amide bonds. The molecule has 1 aromatic heterocycles. The SMILES string of the molecule is CCOC(=O)c1cnc(SC(C)C(=O)Nc2cc(Cl)ccc2C)nc1N. The molecule has 0 bridgehead atoms. The summed E-state index contributed by atoms with van der Waals surface area (Å²) in [5.74, 6) is -0.792. The van der Waals surface area contributed by atoms with Crippen LogP contribution in [0, 0.1) is 6.92 Å². The summed E-state index contributed by atoms with van der Waals surface area (Å²) in [6, 6.07) is 5.27. The fourth-order valence-corrected chi connectivity index (χ4v) is 2.89. The number of esters is 1. The number of hydrogen-bond acceptors (Lipinski definition) is 7. The number of amides is 1. The first-order chi connectivity index (χ1) is 12.3. The van der Waals surface area contributed by atoms with Crippen LogP contribution in [0.25, 0.3) is 0 Å². The molecule has 0 radical (unpaired) electrons. The number of aryl methyl sites for hydroxylation is 1. The molecule has 0 aliphatic rings. The molecule has 0 fully saturated rings. The van der Waals surface area contributed by atoms with Gasteiger partial charge in [0.05, 0.1) is 11.9 Å². The number of anilines is 2. The van der Waals surface area contributed by atoms with Crippen molar-refractivity contribution < 1.29 is 14.3 Å². The van der Waals surface area contributed by atoms with Crippen LogP contribution in [0.5, 0.6) is 0 Å². The third-order valence-corrected chi connectivity index (χ3v) is 4.61. The molecule has 1 atom stereocenters. The van der Waals surface area contributed by atoms with E-state index in [9.17, 15) is 9.59 Å². The van der Waals surface area contributed by atoms with Crippen molar-refractivity contribution in [2.75, 3.05) is 17.7 Å². The van der Waals surface area contributed by atoms with Gasteiger partial charge >= 0.3 is 5.97 Å². The number of halogens is 1. The van der Waals surface area contributed by atoms with Crippen molar-refractivity contribution in [2.45, 2.75) is 31.2 Å². The van der Waals surface area contributed by atoms with Gasteiger partial charge < -0.3 is 15.8 Å². The Kier molecular flexibility index (Phi) is 6.82. The van der Waals surface area contributed by atoms with Gasteiger partial charge in [-0.25, -0.2) is 14.8 Å². The van der Waals surface area contributed by atoms with Crippen LogP contribution in [-0.4, -0.2) is 33.7 Å². The minimum absolute atomic E-state index is 0.0132. The number of nitrogens with two attached hydrogens (primary N) is 1. The molecule has 3 N–H and O–H groups in total. The first kappa shape index (κ1) is 20.0. The molecule has 2 aromatic rings. The van der Waals surface area contributed by atoms with Crippen LogP contribution in [0.15, 0.2) is 29.6 Å². The summed E-state index contributed by atoms with van der Waals surface area (Å²) >= 11 is 7.09. The van der Waals surface area contributed by atoms with Crippen LogP contribution in [0.2, 0.25) is 5.02 Å². The quantitative estimate of drug-likeness (QED) is 0.439. The molecule has 7 nitrogen and oxygen atoms in total. The van der Waals surface area contributed by atoms with E-state index in [-0.39, 0.29) is 23.9 Å². The highest BCUT2D eigenvalue weighted by Gasteiger charge is 2.19. The van der Waals surface area contributed by atoms with Crippen molar-refractivity contribution >= 4 is 46.7 Å². The van der Waals surface area contributed by atoms with Gasteiger partial charge in [0.15, 0.2) is 5.16 Å². The first-order valence-electron chi connectivity index (χ1n) is 7.85. The molecule has 1 unspecified atom stereocenters. The van der Waals surface area contributed by atoms with Gasteiger partial charge in [0.1, 0.15) is 11.4 Å². The van der Waals surface area contributed by atoms with Gasteiger partial charge in [-0.2, -0.15) is 0 Å². The van der Waals surface area contributed by atoms with E-state index in [1.807, 2.05) is 13.0 Å². The Balaban J connectivity index is 2.05. The number of nitrogens with zero attached hydrogens (tertiary/aromatic N) is 2. The molecular formula is C17H19ClN4O3S. The molecule has 0 aliphatic heterocycles. The Morgan fingerprint density at radius 2 is 2.15 bits per heavy atom. The second-order valence-corrected chi connectivity index (χ2v) is 7.12. The number of benzene rings is 1. The van der Waals surface area contributed by atoms with Gasteiger partial charge in [0.2, 0.25) is 5.91 Å². The monoisotopic (exact) mass is 394 g/mol. The van der Waals surface area contributed by atoms with E-state index < -0.39 is 11.2 Å². The van der Waals surface area contributed by atoms with Crippen LogP contribution in [0.1, 0.15) is 29.8 Å². The summed E-state index contributed by atoms with van der Waals surface area (Å²) in [5.41, 5.74) is 7.43. The number of hydrogen-bond donors (Lipinski definition) is 2. The molecule has 0 spiro atoms. The van der Waals surface area contributed by atoms with Crippen LogP contribution in [0.4, 0.5) is 11.5 Å². The third-order valence-electron chi connectivity index (χ3n) is 3.40. The lowest BCUT2D eigenvalue weighted by Gasteiger charge is -2.13. The van der Waals surface area contributed by atoms with E-state index in [1.165, 1.54) is 6.20 Å². The maximum Gasteiger partial charge on any atom is 0.343 e. The topological polar surface area (TPSA) is 107 Å². The van der Waals surface area contributed by atoms with Crippen LogP contribution >= 0.6 is 23.4 Å². The summed E-state index contributed by atoms with van der Waals surface area (Å²) in [7, 11) is 0. The lowest BCUT2D eigenvalue weighted by atomic mass is 10.2. The van der Waals surface area contributed by atoms with E-state index in [4.69, 9.17) is 22.1 Å². The molecule has 138 valence electrons. The fraction of sp³-hybridized carbons (Fsp3) is 0.294. The number of ether oxygens (including phenoxy) is 1. The minimum Gasteiger partial charge on any atom is -0.462 e. The van der Waals surface area contributed by atoms with Crippen molar-refractivity contribution in [3.05, 3.63) is 40.5 Å². The number of thioether (sulfide) groups is 1. The smallest absolute Gasteiger partial charge is 0.343 e. The van der Waals surface area contributed by atoms with Crippen molar-refractivity contribution in [2.24, 2.45) is 0 Å². The van der Waals surface area contributed by atoms with Gasteiger partial charge in [-0.3, -0.25) is 4.79 Å². The zero-order chi connectivity index (χ0) is 19.3. The number of carbonyl (C=O) groups excluding carboxylic acids is 2. The molecule has 1 heterocycles. The number of aromatic nitrogens is 2. The largest absolute Gasteiger partial charge is 0.462 e. The Morgan fingerprint density at radius 3 is 2.81 bits per heavy atom. The standard InChI is InChI=1S/C17H19ClN4O3S/c1-4-25-16(24)12-8-20-17(22-14(12)19)26-10(3)15(23)21-13-7-11(18)6-5-9(13)2/h5-8,10H,4H2,1-3H3,(H,21,23)(H2,19,20,22). The number of nitrogens with one attached hydrogen (secondary N) is 1. The Labute approximate surface area is 160 Å².